The maximum Gasteiger partial charge on any atom is 0.419 e. The zero-order valence-corrected chi connectivity index (χ0v) is 17.2. The van der Waals surface area contributed by atoms with Gasteiger partial charge in [0, 0.05) is 6.20 Å². The average Bonchev–Trinajstić information content (AvgIpc) is 2.57. The van der Waals surface area contributed by atoms with Crippen molar-refractivity contribution < 1.29 is 27.8 Å². The van der Waals surface area contributed by atoms with Crippen molar-refractivity contribution in [2.75, 3.05) is 6.61 Å². The molecule has 29 heavy (non-hydrogen) atoms. The van der Waals surface area contributed by atoms with Crippen LogP contribution in [0, 0.1) is 18.3 Å². The summed E-state index contributed by atoms with van der Waals surface area (Å²) in [6.45, 7) is 9.65. The Morgan fingerprint density at radius 1 is 1.21 bits per heavy atom. The number of rotatable bonds is 7. The van der Waals surface area contributed by atoms with Gasteiger partial charge < -0.3 is 9.84 Å². The van der Waals surface area contributed by atoms with Gasteiger partial charge in [0.1, 0.15) is 5.75 Å². The second-order valence-electron chi connectivity index (χ2n) is 8.38. The average molecular weight is 409 g/mol. The SMILES string of the molecule is Cc1nccc(-c2ccc(OCC(C)(C)CC(C)C)c(C(F)(F)F)c2)c1C(=O)O. The summed E-state index contributed by atoms with van der Waals surface area (Å²) >= 11 is 0. The van der Waals surface area contributed by atoms with E-state index in [-0.39, 0.29) is 40.2 Å². The van der Waals surface area contributed by atoms with Crippen LogP contribution >= 0.6 is 0 Å². The number of pyridine rings is 1. The van der Waals surface area contributed by atoms with Gasteiger partial charge in [0.25, 0.3) is 0 Å². The number of aromatic carboxylic acids is 1. The second kappa shape index (κ2) is 8.43. The molecule has 0 aliphatic heterocycles. The number of benzene rings is 1. The Kier molecular flexibility index (Phi) is 6.60. The monoisotopic (exact) mass is 409 g/mol. The quantitative estimate of drug-likeness (QED) is 0.589. The second-order valence-corrected chi connectivity index (χ2v) is 8.38. The lowest BCUT2D eigenvalue weighted by molar-refractivity contribution is -0.139. The maximum absolute atomic E-state index is 13.7. The molecule has 0 saturated heterocycles. The number of halogens is 3. The van der Waals surface area contributed by atoms with Crippen LogP contribution < -0.4 is 4.74 Å². The lowest BCUT2D eigenvalue weighted by atomic mass is 9.85. The van der Waals surface area contributed by atoms with Crippen molar-refractivity contribution >= 4 is 5.97 Å². The first-order chi connectivity index (χ1) is 13.3. The molecule has 1 aromatic heterocycles. The zero-order chi connectivity index (χ0) is 22.0. The highest BCUT2D eigenvalue weighted by molar-refractivity contribution is 5.97. The molecule has 1 aromatic carbocycles. The standard InChI is InChI=1S/C22H26F3NO3/c1-13(2)11-21(4,5)12-29-18-7-6-15(10-17(18)22(23,24)25)16-8-9-26-14(3)19(16)20(27)28/h6-10,13H,11-12H2,1-5H3,(H,27,28). The molecule has 0 unspecified atom stereocenters. The van der Waals surface area contributed by atoms with E-state index >= 15 is 0 Å². The number of aryl methyl sites for hydroxylation is 1. The van der Waals surface area contributed by atoms with Crippen LogP contribution in [-0.4, -0.2) is 22.7 Å². The van der Waals surface area contributed by atoms with Crippen LogP contribution in [0.5, 0.6) is 5.75 Å². The molecular formula is C22H26F3NO3. The fourth-order valence-corrected chi connectivity index (χ4v) is 3.56. The summed E-state index contributed by atoms with van der Waals surface area (Å²) in [5, 5.41) is 9.45. The summed E-state index contributed by atoms with van der Waals surface area (Å²) in [4.78, 5) is 15.5. The van der Waals surface area contributed by atoms with Crippen molar-refractivity contribution in [3.8, 4) is 16.9 Å². The van der Waals surface area contributed by atoms with Gasteiger partial charge in [-0.05, 0) is 54.0 Å². The topological polar surface area (TPSA) is 59.4 Å². The van der Waals surface area contributed by atoms with Crippen LogP contribution in [0.2, 0.25) is 0 Å². The molecule has 1 heterocycles. The highest BCUT2D eigenvalue weighted by atomic mass is 19.4. The molecule has 7 heteroatoms. The number of hydrogen-bond donors (Lipinski definition) is 1. The Balaban J connectivity index is 2.47. The Hall–Kier alpha value is -2.57. The van der Waals surface area contributed by atoms with Gasteiger partial charge in [-0.15, -0.1) is 0 Å². The lowest BCUT2D eigenvalue weighted by Gasteiger charge is -2.27. The van der Waals surface area contributed by atoms with Gasteiger partial charge in [-0.3, -0.25) is 4.98 Å². The first-order valence-corrected chi connectivity index (χ1v) is 9.35. The van der Waals surface area contributed by atoms with Crippen LogP contribution in [-0.2, 0) is 6.18 Å². The molecule has 0 atom stereocenters. The van der Waals surface area contributed by atoms with Crippen molar-refractivity contribution in [1.82, 2.24) is 4.98 Å². The maximum atomic E-state index is 13.7. The fourth-order valence-electron chi connectivity index (χ4n) is 3.56. The van der Waals surface area contributed by atoms with E-state index in [0.717, 1.165) is 12.5 Å². The predicted octanol–water partition coefficient (Wildman–Crippen LogP) is 6.23. The Morgan fingerprint density at radius 3 is 2.41 bits per heavy atom. The molecule has 2 aromatic rings. The van der Waals surface area contributed by atoms with E-state index < -0.39 is 17.7 Å². The lowest BCUT2D eigenvalue weighted by Crippen LogP contribution is -2.24. The van der Waals surface area contributed by atoms with Crippen LogP contribution in [0.3, 0.4) is 0 Å². The number of carboxylic acid groups (broad SMARTS) is 1. The number of hydrogen-bond acceptors (Lipinski definition) is 3. The van der Waals surface area contributed by atoms with E-state index in [9.17, 15) is 23.1 Å². The fraction of sp³-hybridized carbons (Fsp3) is 0.455. The van der Waals surface area contributed by atoms with Gasteiger partial charge in [-0.25, -0.2) is 4.79 Å². The minimum absolute atomic E-state index is 0.118. The van der Waals surface area contributed by atoms with Crippen molar-refractivity contribution in [1.29, 1.82) is 0 Å². The van der Waals surface area contributed by atoms with Crippen LogP contribution in [0.4, 0.5) is 13.2 Å². The van der Waals surface area contributed by atoms with Crippen molar-refractivity contribution in [3.63, 3.8) is 0 Å². The number of carboxylic acids is 1. The van der Waals surface area contributed by atoms with E-state index in [4.69, 9.17) is 4.74 Å². The number of alkyl halides is 3. The van der Waals surface area contributed by atoms with Crippen molar-refractivity contribution in [2.45, 2.75) is 47.2 Å². The van der Waals surface area contributed by atoms with Gasteiger partial charge in [-0.1, -0.05) is 33.8 Å². The van der Waals surface area contributed by atoms with Crippen LogP contribution in [0.25, 0.3) is 11.1 Å². The minimum atomic E-state index is -4.64. The first-order valence-electron chi connectivity index (χ1n) is 9.35. The summed E-state index contributed by atoms with van der Waals surface area (Å²) < 4.78 is 46.7. The zero-order valence-electron chi connectivity index (χ0n) is 17.2. The van der Waals surface area contributed by atoms with E-state index in [2.05, 4.69) is 18.8 Å². The Labute approximate surface area is 168 Å². The predicted molar refractivity (Wildman–Crippen MR) is 105 cm³/mol. The molecule has 4 nitrogen and oxygen atoms in total. The van der Waals surface area contributed by atoms with E-state index in [1.54, 1.807) is 0 Å². The number of aromatic nitrogens is 1. The molecule has 0 saturated carbocycles. The van der Waals surface area contributed by atoms with Gasteiger partial charge in [0.05, 0.1) is 23.4 Å². The molecule has 158 valence electrons. The number of nitrogens with zero attached hydrogens (tertiary/aromatic N) is 1. The van der Waals surface area contributed by atoms with Crippen LogP contribution in [0.15, 0.2) is 30.5 Å². The summed E-state index contributed by atoms with van der Waals surface area (Å²) in [5.74, 6) is -1.11. The molecule has 0 radical (unpaired) electrons. The molecular weight excluding hydrogens is 383 g/mol. The summed E-state index contributed by atoms with van der Waals surface area (Å²) in [7, 11) is 0. The third kappa shape index (κ3) is 5.71. The highest BCUT2D eigenvalue weighted by Crippen LogP contribution is 2.40. The molecule has 1 N–H and O–H groups in total. The molecule has 0 bridgehead atoms. The first kappa shape index (κ1) is 22.7. The highest BCUT2D eigenvalue weighted by Gasteiger charge is 2.35. The van der Waals surface area contributed by atoms with Gasteiger partial charge >= 0.3 is 12.1 Å². The molecule has 0 amide bonds. The van der Waals surface area contributed by atoms with Gasteiger partial charge in [0.15, 0.2) is 0 Å². The van der Waals surface area contributed by atoms with E-state index in [0.29, 0.717) is 5.92 Å². The number of carbonyl (C=O) groups is 1. The minimum Gasteiger partial charge on any atom is -0.492 e. The molecule has 0 spiro atoms. The summed E-state index contributed by atoms with van der Waals surface area (Å²) in [6.07, 6.45) is -2.45. The largest absolute Gasteiger partial charge is 0.492 e. The Morgan fingerprint density at radius 2 is 1.86 bits per heavy atom. The van der Waals surface area contributed by atoms with Crippen LogP contribution in [0.1, 0.15) is 55.7 Å². The van der Waals surface area contributed by atoms with Gasteiger partial charge in [0.2, 0.25) is 0 Å². The van der Waals surface area contributed by atoms with Crippen molar-refractivity contribution in [3.05, 3.63) is 47.3 Å². The smallest absolute Gasteiger partial charge is 0.419 e. The molecule has 0 aliphatic rings. The summed E-state index contributed by atoms with van der Waals surface area (Å²) in [6, 6.07) is 5.04. The normalized spacial score (nSPS) is 12.3. The molecule has 0 fully saturated rings. The third-order valence-electron chi connectivity index (χ3n) is 4.53. The molecule has 0 aliphatic carbocycles. The van der Waals surface area contributed by atoms with E-state index in [1.807, 2.05) is 13.8 Å². The van der Waals surface area contributed by atoms with Crippen molar-refractivity contribution in [2.24, 2.45) is 11.3 Å². The van der Waals surface area contributed by atoms with Gasteiger partial charge in [-0.2, -0.15) is 13.2 Å². The Bertz CT molecular complexity index is 889. The third-order valence-corrected chi connectivity index (χ3v) is 4.53. The number of ether oxygens (including phenoxy) is 1. The molecule has 2 rings (SSSR count). The summed E-state index contributed by atoms with van der Waals surface area (Å²) in [5.41, 5.74) is -0.766. The van der Waals surface area contributed by atoms with E-state index in [1.165, 1.54) is 31.3 Å².